The van der Waals surface area contributed by atoms with Gasteiger partial charge in [-0.1, -0.05) is 23.4 Å². The molecule has 17 heavy (non-hydrogen) atoms. The van der Waals surface area contributed by atoms with Crippen LogP contribution >= 0.6 is 0 Å². The molecule has 5 nitrogen and oxygen atoms in total. The zero-order valence-corrected chi connectivity index (χ0v) is 9.10. The molecule has 0 saturated carbocycles. The van der Waals surface area contributed by atoms with E-state index in [1.165, 1.54) is 0 Å². The Balaban J connectivity index is 2.06. The highest BCUT2D eigenvalue weighted by Gasteiger charge is 2.13. The third-order valence-corrected chi connectivity index (χ3v) is 2.89. The van der Waals surface area contributed by atoms with Crippen LogP contribution in [-0.2, 0) is 6.42 Å². The molecule has 5 heteroatoms. The molecule has 0 saturated heterocycles. The van der Waals surface area contributed by atoms with Crippen molar-refractivity contribution in [2.45, 2.75) is 6.42 Å². The summed E-state index contributed by atoms with van der Waals surface area (Å²) in [7, 11) is 0. The summed E-state index contributed by atoms with van der Waals surface area (Å²) in [5.74, 6) is 0.639. The van der Waals surface area contributed by atoms with Crippen LogP contribution in [-0.4, -0.2) is 10.1 Å². The number of nitrogen functional groups attached to an aromatic ring is 2. The molecule has 0 unspecified atom stereocenters. The van der Waals surface area contributed by atoms with Crippen molar-refractivity contribution in [1.29, 1.82) is 0 Å². The molecule has 86 valence electrons. The van der Waals surface area contributed by atoms with Gasteiger partial charge in [-0.2, -0.15) is 0 Å². The molecule has 3 rings (SSSR count). The van der Waals surface area contributed by atoms with E-state index in [9.17, 15) is 0 Å². The third-order valence-electron chi connectivity index (χ3n) is 2.89. The molecular weight excluding hydrogens is 216 g/mol. The Morgan fingerprint density at radius 2 is 2.06 bits per heavy atom. The van der Waals surface area contributed by atoms with Crippen LogP contribution in [0.3, 0.4) is 0 Å². The van der Waals surface area contributed by atoms with Crippen LogP contribution in [0.4, 0.5) is 11.7 Å². The molecule has 0 amide bonds. The highest BCUT2D eigenvalue weighted by Crippen LogP contribution is 2.26. The van der Waals surface area contributed by atoms with Crippen molar-refractivity contribution in [3.63, 3.8) is 0 Å². The molecule has 3 aromatic rings. The number of nitrogens with two attached hydrogens (primary N) is 2. The Morgan fingerprint density at radius 3 is 2.82 bits per heavy atom. The Morgan fingerprint density at radius 1 is 1.24 bits per heavy atom. The first-order chi connectivity index (χ1) is 8.25. The van der Waals surface area contributed by atoms with Crippen LogP contribution in [0.15, 0.2) is 35.0 Å². The van der Waals surface area contributed by atoms with Crippen LogP contribution < -0.4 is 11.5 Å². The minimum absolute atomic E-state index is 0.285. The standard InChI is InChI=1S/C12H12N4O/c13-11-9(12(14)17-16-11)5-7-6-15-10-4-2-1-3-8(7)10/h1-4,6,15H,5,14H2,(H2,13,16). The van der Waals surface area contributed by atoms with Crippen molar-refractivity contribution in [2.24, 2.45) is 0 Å². The molecule has 1 aromatic carbocycles. The van der Waals surface area contributed by atoms with Crippen molar-refractivity contribution >= 4 is 22.6 Å². The van der Waals surface area contributed by atoms with E-state index in [-0.39, 0.29) is 5.88 Å². The molecule has 0 aliphatic rings. The lowest BCUT2D eigenvalue weighted by Crippen LogP contribution is -1.96. The summed E-state index contributed by atoms with van der Waals surface area (Å²) in [6.07, 6.45) is 2.57. The van der Waals surface area contributed by atoms with E-state index in [4.69, 9.17) is 16.0 Å². The maximum atomic E-state index is 5.71. The van der Waals surface area contributed by atoms with Crippen molar-refractivity contribution in [2.75, 3.05) is 11.5 Å². The number of H-pyrrole nitrogens is 1. The maximum Gasteiger partial charge on any atom is 0.227 e. The van der Waals surface area contributed by atoms with Gasteiger partial charge in [0.05, 0.1) is 5.56 Å². The summed E-state index contributed by atoms with van der Waals surface area (Å²) in [5, 5.41) is 4.80. The zero-order valence-electron chi connectivity index (χ0n) is 9.10. The summed E-state index contributed by atoms with van der Waals surface area (Å²) in [6, 6.07) is 8.07. The van der Waals surface area contributed by atoms with Gasteiger partial charge in [0.2, 0.25) is 5.88 Å². The number of hydrogen-bond donors (Lipinski definition) is 3. The van der Waals surface area contributed by atoms with Gasteiger partial charge >= 0.3 is 0 Å². The van der Waals surface area contributed by atoms with Crippen LogP contribution in [0.1, 0.15) is 11.1 Å². The molecule has 0 fully saturated rings. The summed E-state index contributed by atoms with van der Waals surface area (Å²) in [5.41, 5.74) is 14.4. The molecule has 0 aliphatic heterocycles. The normalized spacial score (nSPS) is 11.1. The fourth-order valence-corrected chi connectivity index (χ4v) is 1.98. The second-order valence-electron chi connectivity index (χ2n) is 3.95. The number of hydrogen-bond acceptors (Lipinski definition) is 4. The van der Waals surface area contributed by atoms with Crippen LogP contribution in [0, 0.1) is 0 Å². The smallest absolute Gasteiger partial charge is 0.227 e. The van der Waals surface area contributed by atoms with Gasteiger partial charge in [-0.15, -0.1) is 0 Å². The number of rotatable bonds is 2. The minimum Gasteiger partial charge on any atom is -0.381 e. The van der Waals surface area contributed by atoms with Crippen molar-refractivity contribution < 1.29 is 4.52 Å². The number of nitrogens with one attached hydrogen (secondary N) is 1. The summed E-state index contributed by atoms with van der Waals surface area (Å²) >= 11 is 0. The first-order valence-corrected chi connectivity index (χ1v) is 5.30. The average Bonchev–Trinajstić information content (AvgIpc) is 2.88. The highest BCUT2D eigenvalue weighted by molar-refractivity contribution is 5.83. The summed E-state index contributed by atoms with van der Waals surface area (Å²) in [4.78, 5) is 3.21. The van der Waals surface area contributed by atoms with E-state index in [1.807, 2.05) is 24.4 Å². The summed E-state index contributed by atoms with van der Waals surface area (Å²) < 4.78 is 4.85. The molecular formula is C12H12N4O. The monoisotopic (exact) mass is 228 g/mol. The van der Waals surface area contributed by atoms with Crippen LogP contribution in [0.2, 0.25) is 0 Å². The van der Waals surface area contributed by atoms with Crippen LogP contribution in [0.25, 0.3) is 10.9 Å². The van der Waals surface area contributed by atoms with Gasteiger partial charge in [-0.3, -0.25) is 0 Å². The number of nitrogens with zero attached hydrogens (tertiary/aromatic N) is 1. The van der Waals surface area contributed by atoms with Crippen LogP contribution in [0.5, 0.6) is 0 Å². The van der Waals surface area contributed by atoms with E-state index in [0.717, 1.165) is 22.0 Å². The quantitative estimate of drug-likeness (QED) is 0.624. The lowest BCUT2D eigenvalue weighted by atomic mass is 10.1. The first kappa shape index (κ1) is 9.77. The van der Waals surface area contributed by atoms with Crippen molar-refractivity contribution in [3.05, 3.63) is 41.6 Å². The molecule has 0 atom stereocenters. The molecule has 2 heterocycles. The maximum absolute atomic E-state index is 5.71. The number of aromatic nitrogens is 2. The lowest BCUT2D eigenvalue weighted by Gasteiger charge is -1.98. The SMILES string of the molecule is Nc1noc(N)c1Cc1c[nH]c2ccccc12. The Hall–Kier alpha value is -2.43. The number of fused-ring (bicyclic) bond motifs is 1. The first-order valence-electron chi connectivity index (χ1n) is 5.30. The number of para-hydroxylation sites is 1. The van der Waals surface area contributed by atoms with E-state index in [2.05, 4.69) is 16.2 Å². The largest absolute Gasteiger partial charge is 0.381 e. The predicted molar refractivity (Wildman–Crippen MR) is 66.4 cm³/mol. The average molecular weight is 228 g/mol. The van der Waals surface area contributed by atoms with Gasteiger partial charge in [-0.05, 0) is 11.6 Å². The van der Waals surface area contributed by atoms with Crippen molar-refractivity contribution in [1.82, 2.24) is 10.1 Å². The van der Waals surface area contributed by atoms with E-state index in [1.54, 1.807) is 0 Å². The predicted octanol–water partition coefficient (Wildman–Crippen LogP) is 1.91. The molecule has 0 radical (unpaired) electrons. The van der Waals surface area contributed by atoms with Gasteiger partial charge in [-0.25, -0.2) is 0 Å². The number of anilines is 2. The fourth-order valence-electron chi connectivity index (χ4n) is 1.98. The van der Waals surface area contributed by atoms with Gasteiger partial charge in [0.15, 0.2) is 5.82 Å². The van der Waals surface area contributed by atoms with Gasteiger partial charge < -0.3 is 21.0 Å². The third kappa shape index (κ3) is 1.52. The van der Waals surface area contributed by atoms with Gasteiger partial charge in [0.1, 0.15) is 0 Å². The second-order valence-corrected chi connectivity index (χ2v) is 3.95. The Kier molecular flexibility index (Phi) is 2.04. The highest BCUT2D eigenvalue weighted by atomic mass is 16.5. The van der Waals surface area contributed by atoms with E-state index in [0.29, 0.717) is 12.2 Å². The van der Waals surface area contributed by atoms with Crippen molar-refractivity contribution in [3.8, 4) is 0 Å². The Bertz CT molecular complexity index is 649. The summed E-state index contributed by atoms with van der Waals surface area (Å²) in [6.45, 7) is 0. The zero-order chi connectivity index (χ0) is 11.8. The number of benzene rings is 1. The molecule has 2 aromatic heterocycles. The molecule has 0 aliphatic carbocycles. The second kappa shape index (κ2) is 3.55. The Labute approximate surface area is 97.4 Å². The van der Waals surface area contributed by atoms with E-state index < -0.39 is 0 Å². The lowest BCUT2D eigenvalue weighted by molar-refractivity contribution is 0.439. The molecule has 0 spiro atoms. The van der Waals surface area contributed by atoms with Gasteiger partial charge in [0.25, 0.3) is 0 Å². The minimum atomic E-state index is 0.285. The topological polar surface area (TPSA) is 93.9 Å². The molecule has 5 N–H and O–H groups in total. The fraction of sp³-hybridized carbons (Fsp3) is 0.0833. The van der Waals surface area contributed by atoms with E-state index >= 15 is 0 Å². The number of aromatic amines is 1. The molecule has 0 bridgehead atoms. The van der Waals surface area contributed by atoms with Gasteiger partial charge in [0, 0.05) is 23.5 Å².